The lowest BCUT2D eigenvalue weighted by Crippen LogP contribution is -2.52. The molecule has 1 aliphatic rings. The van der Waals surface area contributed by atoms with Crippen molar-refractivity contribution in [1.82, 2.24) is 10.2 Å². The van der Waals surface area contributed by atoms with Crippen LogP contribution in [0.1, 0.15) is 67.7 Å². The van der Waals surface area contributed by atoms with Crippen molar-refractivity contribution in [3.63, 3.8) is 0 Å². The Kier molecular flexibility index (Phi) is 9.86. The molecule has 178 valence electrons. The van der Waals surface area contributed by atoms with Gasteiger partial charge in [-0.1, -0.05) is 80.3 Å². The third-order valence-corrected chi connectivity index (χ3v) is 7.48. The van der Waals surface area contributed by atoms with Crippen molar-refractivity contribution in [2.24, 2.45) is 0 Å². The summed E-state index contributed by atoms with van der Waals surface area (Å²) in [6.45, 7) is 6.62. The number of thioether (sulfide) groups is 1. The first-order valence-electron chi connectivity index (χ1n) is 12.3. The first-order chi connectivity index (χ1) is 16.0. The molecule has 0 bridgehead atoms. The highest BCUT2D eigenvalue weighted by molar-refractivity contribution is 7.99. The molecule has 4 nitrogen and oxygen atoms in total. The molecule has 2 amide bonds. The SMILES string of the molecule is CC[C@@H](C(=O)NC1CCCCC1)N(Cc1cccc(C)c1)C(=O)CSCc1ccccc1C. The van der Waals surface area contributed by atoms with Crippen molar-refractivity contribution < 1.29 is 9.59 Å². The Morgan fingerprint density at radius 2 is 1.82 bits per heavy atom. The van der Waals surface area contributed by atoms with Crippen LogP contribution in [0.15, 0.2) is 48.5 Å². The zero-order valence-electron chi connectivity index (χ0n) is 20.3. The minimum Gasteiger partial charge on any atom is -0.352 e. The molecular formula is C28H38N2O2S. The number of carbonyl (C=O) groups excluding carboxylic acids is 2. The van der Waals surface area contributed by atoms with Crippen molar-refractivity contribution in [3.05, 3.63) is 70.8 Å². The van der Waals surface area contributed by atoms with E-state index >= 15 is 0 Å². The van der Waals surface area contributed by atoms with Crippen LogP contribution in [0.3, 0.4) is 0 Å². The molecule has 1 aliphatic carbocycles. The van der Waals surface area contributed by atoms with Gasteiger partial charge in [-0.15, -0.1) is 11.8 Å². The largest absolute Gasteiger partial charge is 0.352 e. The second kappa shape index (κ2) is 12.8. The number of rotatable bonds is 10. The average Bonchev–Trinajstić information content (AvgIpc) is 2.81. The quantitative estimate of drug-likeness (QED) is 0.482. The van der Waals surface area contributed by atoms with Crippen LogP contribution in [0.5, 0.6) is 0 Å². The molecule has 5 heteroatoms. The molecule has 0 radical (unpaired) electrons. The van der Waals surface area contributed by atoms with Crippen LogP contribution in [-0.2, 0) is 21.9 Å². The van der Waals surface area contributed by atoms with Crippen LogP contribution >= 0.6 is 11.8 Å². The van der Waals surface area contributed by atoms with Crippen LogP contribution in [0.4, 0.5) is 0 Å². The van der Waals surface area contributed by atoms with Gasteiger partial charge in [-0.2, -0.15) is 0 Å². The highest BCUT2D eigenvalue weighted by atomic mass is 32.2. The fourth-order valence-corrected chi connectivity index (χ4v) is 5.56. The van der Waals surface area contributed by atoms with Crippen molar-refractivity contribution in [2.75, 3.05) is 5.75 Å². The van der Waals surface area contributed by atoms with Crippen LogP contribution < -0.4 is 5.32 Å². The minimum atomic E-state index is -0.445. The maximum Gasteiger partial charge on any atom is 0.243 e. The van der Waals surface area contributed by atoms with E-state index in [4.69, 9.17) is 0 Å². The molecule has 0 aromatic heterocycles. The van der Waals surface area contributed by atoms with Crippen molar-refractivity contribution >= 4 is 23.6 Å². The summed E-state index contributed by atoms with van der Waals surface area (Å²) in [5.74, 6) is 1.19. The predicted octanol–water partition coefficient (Wildman–Crippen LogP) is 5.79. The highest BCUT2D eigenvalue weighted by Crippen LogP contribution is 2.21. The van der Waals surface area contributed by atoms with Gasteiger partial charge in [0.2, 0.25) is 11.8 Å². The molecule has 0 spiro atoms. The number of amides is 2. The van der Waals surface area contributed by atoms with E-state index in [2.05, 4.69) is 43.4 Å². The van der Waals surface area contributed by atoms with Gasteiger partial charge in [-0.3, -0.25) is 9.59 Å². The topological polar surface area (TPSA) is 49.4 Å². The third kappa shape index (κ3) is 7.63. The average molecular weight is 467 g/mol. The van der Waals surface area contributed by atoms with Gasteiger partial charge in [0.05, 0.1) is 5.75 Å². The molecule has 2 aromatic rings. The van der Waals surface area contributed by atoms with Gasteiger partial charge in [0.15, 0.2) is 0 Å². The molecule has 1 N–H and O–H groups in total. The van der Waals surface area contributed by atoms with E-state index in [0.717, 1.165) is 29.7 Å². The van der Waals surface area contributed by atoms with Crippen LogP contribution in [0.2, 0.25) is 0 Å². The summed E-state index contributed by atoms with van der Waals surface area (Å²) in [5.41, 5.74) is 4.72. The number of nitrogens with one attached hydrogen (secondary N) is 1. The Labute approximate surface area is 203 Å². The predicted molar refractivity (Wildman–Crippen MR) is 138 cm³/mol. The molecule has 0 saturated heterocycles. The number of aryl methyl sites for hydroxylation is 2. The van der Waals surface area contributed by atoms with Crippen LogP contribution in [0.25, 0.3) is 0 Å². The zero-order chi connectivity index (χ0) is 23.6. The summed E-state index contributed by atoms with van der Waals surface area (Å²) >= 11 is 1.62. The fourth-order valence-electron chi connectivity index (χ4n) is 4.57. The van der Waals surface area contributed by atoms with Gasteiger partial charge in [-0.05, 0) is 49.8 Å². The molecular weight excluding hydrogens is 428 g/mol. The summed E-state index contributed by atoms with van der Waals surface area (Å²) in [6, 6.07) is 16.3. The Morgan fingerprint density at radius 1 is 1.06 bits per heavy atom. The molecule has 1 saturated carbocycles. The molecule has 33 heavy (non-hydrogen) atoms. The van der Waals surface area contributed by atoms with E-state index < -0.39 is 6.04 Å². The minimum absolute atomic E-state index is 0.00527. The molecule has 0 heterocycles. The van der Waals surface area contributed by atoms with Gasteiger partial charge in [0.1, 0.15) is 6.04 Å². The number of hydrogen-bond donors (Lipinski definition) is 1. The first-order valence-corrected chi connectivity index (χ1v) is 13.4. The monoisotopic (exact) mass is 466 g/mol. The number of hydrogen-bond acceptors (Lipinski definition) is 3. The number of nitrogens with zero attached hydrogens (tertiary/aromatic N) is 1. The van der Waals surface area contributed by atoms with Gasteiger partial charge in [-0.25, -0.2) is 0 Å². The molecule has 0 aliphatic heterocycles. The van der Waals surface area contributed by atoms with E-state index in [9.17, 15) is 9.59 Å². The van der Waals surface area contributed by atoms with Gasteiger partial charge in [0, 0.05) is 18.3 Å². The van der Waals surface area contributed by atoms with E-state index in [1.807, 2.05) is 31.2 Å². The molecule has 2 aromatic carbocycles. The summed E-state index contributed by atoms with van der Waals surface area (Å²) in [7, 11) is 0. The van der Waals surface area contributed by atoms with E-state index in [1.165, 1.54) is 30.4 Å². The summed E-state index contributed by atoms with van der Waals surface area (Å²) in [6.07, 6.45) is 6.28. The maximum atomic E-state index is 13.4. The van der Waals surface area contributed by atoms with Crippen LogP contribution in [-0.4, -0.2) is 34.6 Å². The Morgan fingerprint density at radius 3 is 2.52 bits per heavy atom. The zero-order valence-corrected chi connectivity index (χ0v) is 21.1. The van der Waals surface area contributed by atoms with Crippen LogP contribution in [0, 0.1) is 13.8 Å². The Balaban J connectivity index is 1.71. The van der Waals surface area contributed by atoms with Gasteiger partial charge >= 0.3 is 0 Å². The molecule has 1 atom stereocenters. The maximum absolute atomic E-state index is 13.4. The number of benzene rings is 2. The normalized spacial score (nSPS) is 15.1. The lowest BCUT2D eigenvalue weighted by molar-refractivity contribution is -0.139. The molecule has 0 unspecified atom stereocenters. The lowest BCUT2D eigenvalue weighted by Gasteiger charge is -2.33. The first kappa shape index (κ1) is 25.4. The van der Waals surface area contributed by atoms with E-state index in [-0.39, 0.29) is 17.9 Å². The fraction of sp³-hybridized carbons (Fsp3) is 0.500. The van der Waals surface area contributed by atoms with E-state index in [0.29, 0.717) is 18.7 Å². The Bertz CT molecular complexity index is 924. The van der Waals surface area contributed by atoms with Crippen molar-refractivity contribution in [2.45, 2.75) is 83.7 Å². The second-order valence-electron chi connectivity index (χ2n) is 9.20. The smallest absolute Gasteiger partial charge is 0.243 e. The summed E-state index contributed by atoms with van der Waals surface area (Å²) in [4.78, 5) is 28.5. The summed E-state index contributed by atoms with van der Waals surface area (Å²) < 4.78 is 0. The van der Waals surface area contributed by atoms with Gasteiger partial charge < -0.3 is 10.2 Å². The molecule has 1 fully saturated rings. The molecule has 3 rings (SSSR count). The van der Waals surface area contributed by atoms with Crippen molar-refractivity contribution in [1.29, 1.82) is 0 Å². The number of carbonyl (C=O) groups is 2. The third-order valence-electron chi connectivity index (χ3n) is 6.52. The van der Waals surface area contributed by atoms with Gasteiger partial charge in [0.25, 0.3) is 0 Å². The Hall–Kier alpha value is -2.27. The lowest BCUT2D eigenvalue weighted by atomic mass is 9.95. The highest BCUT2D eigenvalue weighted by Gasteiger charge is 2.30. The summed E-state index contributed by atoms with van der Waals surface area (Å²) in [5, 5.41) is 3.25. The second-order valence-corrected chi connectivity index (χ2v) is 10.2. The standard InChI is InChI=1S/C28H38N2O2S/c1-4-26(28(32)29-25-15-6-5-7-16-25)30(18-23-13-10-11-21(2)17-23)27(31)20-33-19-24-14-9-8-12-22(24)3/h8-14,17,25-26H,4-7,15-16,18-20H2,1-3H3,(H,29,32)/t26-/m0/s1. The van der Waals surface area contributed by atoms with E-state index in [1.54, 1.807) is 16.7 Å². The van der Waals surface area contributed by atoms with Crippen molar-refractivity contribution in [3.8, 4) is 0 Å².